The summed E-state index contributed by atoms with van der Waals surface area (Å²) in [5.74, 6) is 0.640. The lowest BCUT2D eigenvalue weighted by Gasteiger charge is -2.26. The van der Waals surface area contributed by atoms with Gasteiger partial charge in [0.15, 0.2) is 0 Å². The van der Waals surface area contributed by atoms with Gasteiger partial charge in [-0.25, -0.2) is 0 Å². The van der Waals surface area contributed by atoms with Crippen molar-refractivity contribution in [1.82, 2.24) is 5.32 Å². The molecule has 0 spiro atoms. The number of anilines is 1. The fourth-order valence-electron chi connectivity index (χ4n) is 2.18. The molecule has 92 valence electrons. The number of amides is 1. The number of nitrogens with zero attached hydrogens (tertiary/aromatic N) is 1. The highest BCUT2D eigenvalue weighted by atomic mass is 16.2. The smallest absolute Gasteiger partial charge is 0.243 e. The van der Waals surface area contributed by atoms with E-state index in [-0.39, 0.29) is 11.9 Å². The number of para-hydroxylation sites is 1. The number of carbonyl (C=O) groups is 1. The standard InChI is InChI=1S/C14H20N2O/c1-10(2)9-16-13-7-5-4-6-12(13)8-15-11(3)14(16)17/h4-7,10-11,15H,8-9H2,1-3H3. The first-order valence-electron chi connectivity index (χ1n) is 6.22. The number of nitrogens with one attached hydrogen (secondary N) is 1. The topological polar surface area (TPSA) is 32.3 Å². The summed E-state index contributed by atoms with van der Waals surface area (Å²) in [4.78, 5) is 14.2. The molecule has 0 saturated heterocycles. The molecule has 0 aromatic heterocycles. The molecular formula is C14H20N2O. The Labute approximate surface area is 103 Å². The summed E-state index contributed by atoms with van der Waals surface area (Å²) in [5, 5.41) is 3.26. The van der Waals surface area contributed by atoms with Crippen LogP contribution in [0.25, 0.3) is 0 Å². The molecule has 1 amide bonds. The molecule has 1 unspecified atom stereocenters. The SMILES string of the molecule is CC(C)CN1C(=O)C(C)NCc2ccccc21. The lowest BCUT2D eigenvalue weighted by molar-refractivity contribution is -0.120. The molecule has 0 fully saturated rings. The van der Waals surface area contributed by atoms with Crippen molar-refractivity contribution in [3.05, 3.63) is 29.8 Å². The maximum atomic E-state index is 12.3. The van der Waals surface area contributed by atoms with E-state index in [2.05, 4.69) is 25.2 Å². The lowest BCUT2D eigenvalue weighted by atomic mass is 10.1. The summed E-state index contributed by atoms with van der Waals surface area (Å²) in [5.41, 5.74) is 2.26. The monoisotopic (exact) mass is 232 g/mol. The van der Waals surface area contributed by atoms with Gasteiger partial charge in [-0.15, -0.1) is 0 Å². The van der Waals surface area contributed by atoms with E-state index in [0.717, 1.165) is 18.8 Å². The van der Waals surface area contributed by atoms with Gasteiger partial charge in [-0.1, -0.05) is 32.0 Å². The van der Waals surface area contributed by atoms with Gasteiger partial charge in [0.2, 0.25) is 5.91 Å². The van der Waals surface area contributed by atoms with E-state index in [1.807, 2.05) is 30.0 Å². The van der Waals surface area contributed by atoms with E-state index in [1.165, 1.54) is 5.56 Å². The Balaban J connectivity index is 2.39. The van der Waals surface area contributed by atoms with Crippen molar-refractivity contribution in [2.45, 2.75) is 33.4 Å². The second-order valence-electron chi connectivity index (χ2n) is 5.07. The lowest BCUT2D eigenvalue weighted by Crippen LogP contribution is -2.43. The fourth-order valence-corrected chi connectivity index (χ4v) is 2.18. The van der Waals surface area contributed by atoms with Gasteiger partial charge in [-0.05, 0) is 24.5 Å². The highest BCUT2D eigenvalue weighted by Crippen LogP contribution is 2.24. The van der Waals surface area contributed by atoms with Crippen LogP contribution in [0.4, 0.5) is 5.69 Å². The zero-order chi connectivity index (χ0) is 12.4. The minimum Gasteiger partial charge on any atom is -0.311 e. The van der Waals surface area contributed by atoms with Crippen molar-refractivity contribution >= 4 is 11.6 Å². The number of hydrogen-bond donors (Lipinski definition) is 1. The van der Waals surface area contributed by atoms with Crippen LogP contribution in [0.15, 0.2) is 24.3 Å². The van der Waals surface area contributed by atoms with E-state index < -0.39 is 0 Å². The zero-order valence-corrected chi connectivity index (χ0v) is 10.7. The summed E-state index contributed by atoms with van der Waals surface area (Å²) in [6, 6.07) is 8.03. The van der Waals surface area contributed by atoms with Crippen LogP contribution in [0.1, 0.15) is 26.3 Å². The second kappa shape index (κ2) is 4.88. The molecule has 1 N–H and O–H groups in total. The average molecular weight is 232 g/mol. The number of fused-ring (bicyclic) bond motifs is 1. The molecule has 0 saturated carbocycles. The van der Waals surface area contributed by atoms with Crippen LogP contribution in [0.2, 0.25) is 0 Å². The van der Waals surface area contributed by atoms with Crippen LogP contribution >= 0.6 is 0 Å². The third kappa shape index (κ3) is 2.50. The van der Waals surface area contributed by atoms with Crippen molar-refractivity contribution in [2.75, 3.05) is 11.4 Å². The molecule has 3 heteroatoms. The van der Waals surface area contributed by atoms with Crippen LogP contribution in [0.3, 0.4) is 0 Å². The number of hydrogen-bond acceptors (Lipinski definition) is 2. The predicted molar refractivity (Wildman–Crippen MR) is 69.9 cm³/mol. The van der Waals surface area contributed by atoms with Gasteiger partial charge < -0.3 is 10.2 Å². The van der Waals surface area contributed by atoms with Gasteiger partial charge in [0.05, 0.1) is 6.04 Å². The second-order valence-corrected chi connectivity index (χ2v) is 5.07. The van der Waals surface area contributed by atoms with Crippen LogP contribution in [-0.4, -0.2) is 18.5 Å². The summed E-state index contributed by atoms with van der Waals surface area (Å²) >= 11 is 0. The van der Waals surface area contributed by atoms with Crippen LogP contribution < -0.4 is 10.2 Å². The predicted octanol–water partition coefficient (Wildman–Crippen LogP) is 2.17. The molecule has 0 radical (unpaired) electrons. The highest BCUT2D eigenvalue weighted by molar-refractivity contribution is 5.98. The van der Waals surface area contributed by atoms with E-state index in [9.17, 15) is 4.79 Å². The summed E-state index contributed by atoms with van der Waals surface area (Å²) in [6.07, 6.45) is 0. The van der Waals surface area contributed by atoms with Crippen LogP contribution in [-0.2, 0) is 11.3 Å². The molecule has 1 aromatic carbocycles. The van der Waals surface area contributed by atoms with Gasteiger partial charge in [0, 0.05) is 18.8 Å². The molecule has 1 atom stereocenters. The molecule has 1 aromatic rings. The molecule has 1 aliphatic rings. The Morgan fingerprint density at radius 2 is 2.12 bits per heavy atom. The number of carbonyl (C=O) groups excluding carboxylic acids is 1. The molecule has 1 aliphatic heterocycles. The maximum Gasteiger partial charge on any atom is 0.243 e. The Morgan fingerprint density at radius 3 is 2.82 bits per heavy atom. The van der Waals surface area contributed by atoms with Gasteiger partial charge in [0.1, 0.15) is 0 Å². The number of rotatable bonds is 2. The third-order valence-electron chi connectivity index (χ3n) is 3.07. The van der Waals surface area contributed by atoms with Crippen molar-refractivity contribution in [3.8, 4) is 0 Å². The average Bonchev–Trinajstić information content (AvgIpc) is 2.42. The first-order valence-corrected chi connectivity index (χ1v) is 6.22. The minimum absolute atomic E-state index is 0.110. The normalized spacial score (nSPS) is 20.4. The Bertz CT molecular complexity index is 414. The zero-order valence-electron chi connectivity index (χ0n) is 10.7. The fraction of sp³-hybridized carbons (Fsp3) is 0.500. The van der Waals surface area contributed by atoms with Gasteiger partial charge >= 0.3 is 0 Å². The first kappa shape index (κ1) is 12.1. The minimum atomic E-state index is -0.110. The first-order chi connectivity index (χ1) is 8.09. The van der Waals surface area contributed by atoms with E-state index in [1.54, 1.807) is 0 Å². The maximum absolute atomic E-state index is 12.3. The van der Waals surface area contributed by atoms with Gasteiger partial charge in [0.25, 0.3) is 0 Å². The molecule has 0 bridgehead atoms. The van der Waals surface area contributed by atoms with Crippen LogP contribution in [0, 0.1) is 5.92 Å². The summed E-state index contributed by atoms with van der Waals surface area (Å²) in [6.45, 7) is 7.75. The molecule has 3 nitrogen and oxygen atoms in total. The Kier molecular flexibility index (Phi) is 3.48. The molecular weight excluding hydrogens is 212 g/mol. The molecule has 17 heavy (non-hydrogen) atoms. The van der Waals surface area contributed by atoms with Crippen molar-refractivity contribution in [3.63, 3.8) is 0 Å². The van der Waals surface area contributed by atoms with Crippen LogP contribution in [0.5, 0.6) is 0 Å². The highest BCUT2D eigenvalue weighted by Gasteiger charge is 2.27. The quantitative estimate of drug-likeness (QED) is 0.847. The van der Waals surface area contributed by atoms with E-state index in [4.69, 9.17) is 0 Å². The molecule has 2 rings (SSSR count). The third-order valence-corrected chi connectivity index (χ3v) is 3.07. The van der Waals surface area contributed by atoms with Gasteiger partial charge in [-0.3, -0.25) is 4.79 Å². The Hall–Kier alpha value is -1.35. The van der Waals surface area contributed by atoms with Gasteiger partial charge in [-0.2, -0.15) is 0 Å². The Morgan fingerprint density at radius 1 is 1.41 bits per heavy atom. The van der Waals surface area contributed by atoms with Crippen molar-refractivity contribution < 1.29 is 4.79 Å². The molecule has 1 heterocycles. The largest absolute Gasteiger partial charge is 0.311 e. The molecule has 0 aliphatic carbocycles. The van der Waals surface area contributed by atoms with Crippen molar-refractivity contribution in [1.29, 1.82) is 0 Å². The summed E-state index contributed by atoms with van der Waals surface area (Å²) in [7, 11) is 0. The van der Waals surface area contributed by atoms with Crippen molar-refractivity contribution in [2.24, 2.45) is 5.92 Å². The van der Waals surface area contributed by atoms with E-state index >= 15 is 0 Å². The number of benzene rings is 1. The van der Waals surface area contributed by atoms with E-state index in [0.29, 0.717) is 5.92 Å². The summed E-state index contributed by atoms with van der Waals surface area (Å²) < 4.78 is 0.